The average molecular weight is 317 g/mol. The highest BCUT2D eigenvalue weighted by molar-refractivity contribution is 6.06. The van der Waals surface area contributed by atoms with E-state index in [0.29, 0.717) is 31.4 Å². The molecule has 0 saturated carbocycles. The number of carbonyl (C=O) groups is 1. The fourth-order valence-corrected chi connectivity index (χ4v) is 3.84. The Balaban J connectivity index is 1.73. The molecule has 0 N–H and O–H groups in total. The lowest BCUT2D eigenvalue weighted by Crippen LogP contribution is -2.29. The van der Waals surface area contributed by atoms with Crippen LogP contribution in [0.5, 0.6) is 0 Å². The SMILES string of the molecule is [C-]#[N+]c1cccc(-c2ccc3c(c2)C(=O)C2(CC=C(F)CC2)C3)c1. The van der Waals surface area contributed by atoms with Gasteiger partial charge >= 0.3 is 0 Å². The van der Waals surface area contributed by atoms with Crippen molar-refractivity contribution in [2.24, 2.45) is 5.41 Å². The van der Waals surface area contributed by atoms with E-state index in [1.807, 2.05) is 36.4 Å². The van der Waals surface area contributed by atoms with E-state index in [-0.39, 0.29) is 11.6 Å². The molecule has 24 heavy (non-hydrogen) atoms. The van der Waals surface area contributed by atoms with Gasteiger partial charge in [-0.05, 0) is 54.5 Å². The minimum absolute atomic E-state index is 0.0963. The molecule has 0 aromatic heterocycles. The van der Waals surface area contributed by atoms with Crippen LogP contribution >= 0.6 is 0 Å². The number of benzene rings is 2. The minimum Gasteiger partial charge on any atom is -0.294 e. The van der Waals surface area contributed by atoms with Crippen LogP contribution in [0.1, 0.15) is 35.2 Å². The number of carbonyl (C=O) groups excluding carboxylic acids is 1. The maximum Gasteiger partial charge on any atom is 0.187 e. The number of allylic oxidation sites excluding steroid dienone is 2. The zero-order valence-electron chi connectivity index (χ0n) is 13.2. The molecule has 0 heterocycles. The van der Waals surface area contributed by atoms with Gasteiger partial charge in [-0.3, -0.25) is 4.79 Å². The van der Waals surface area contributed by atoms with Gasteiger partial charge < -0.3 is 0 Å². The molecule has 2 nitrogen and oxygen atoms in total. The molecule has 2 aromatic carbocycles. The summed E-state index contributed by atoms with van der Waals surface area (Å²) in [6.45, 7) is 7.14. The molecule has 118 valence electrons. The van der Waals surface area contributed by atoms with Crippen molar-refractivity contribution in [3.05, 3.63) is 76.9 Å². The van der Waals surface area contributed by atoms with E-state index < -0.39 is 5.41 Å². The third-order valence-corrected chi connectivity index (χ3v) is 5.23. The Morgan fingerprint density at radius 2 is 1.96 bits per heavy atom. The maximum atomic E-state index is 13.4. The van der Waals surface area contributed by atoms with E-state index in [4.69, 9.17) is 6.57 Å². The Kier molecular flexibility index (Phi) is 3.35. The van der Waals surface area contributed by atoms with Crippen LogP contribution in [0.4, 0.5) is 10.1 Å². The number of Topliss-reactive ketones (excluding diaryl/α,β-unsaturated/α-hetero) is 1. The molecule has 1 atom stereocenters. The van der Waals surface area contributed by atoms with Gasteiger partial charge in [0.25, 0.3) is 0 Å². The van der Waals surface area contributed by atoms with Crippen molar-refractivity contribution in [1.29, 1.82) is 0 Å². The number of hydrogen-bond donors (Lipinski definition) is 0. The van der Waals surface area contributed by atoms with E-state index in [1.165, 1.54) is 0 Å². The van der Waals surface area contributed by atoms with E-state index in [9.17, 15) is 9.18 Å². The summed E-state index contributed by atoms with van der Waals surface area (Å²) in [6, 6.07) is 13.4. The molecule has 0 bridgehead atoms. The lowest BCUT2D eigenvalue weighted by Gasteiger charge is -2.28. The number of ketones is 1. The molecule has 0 fully saturated rings. The highest BCUT2D eigenvalue weighted by atomic mass is 19.1. The number of rotatable bonds is 1. The first-order valence-corrected chi connectivity index (χ1v) is 8.11. The summed E-state index contributed by atoms with van der Waals surface area (Å²) in [5.41, 5.74) is 3.84. The molecule has 4 rings (SSSR count). The summed E-state index contributed by atoms with van der Waals surface area (Å²) in [4.78, 5) is 16.4. The van der Waals surface area contributed by atoms with Gasteiger partial charge in [0.05, 0.1) is 12.4 Å². The standard InChI is InChI=1S/C21H16FNO/c1-23-18-4-2-3-14(11-18)15-5-6-16-13-21(20(24)19(16)12-15)9-7-17(22)8-10-21/h2-7,11-12H,8-10,13H2. The van der Waals surface area contributed by atoms with Crippen molar-refractivity contribution < 1.29 is 9.18 Å². The summed E-state index contributed by atoms with van der Waals surface area (Å²) in [5, 5.41) is 0. The molecular weight excluding hydrogens is 301 g/mol. The zero-order valence-corrected chi connectivity index (χ0v) is 13.2. The molecular formula is C21H16FNO. The summed E-state index contributed by atoms with van der Waals surface area (Å²) in [7, 11) is 0. The van der Waals surface area contributed by atoms with Crippen LogP contribution < -0.4 is 0 Å². The second-order valence-electron chi connectivity index (χ2n) is 6.68. The van der Waals surface area contributed by atoms with Gasteiger partial charge in [0.1, 0.15) is 0 Å². The predicted octanol–water partition coefficient (Wildman–Crippen LogP) is 5.67. The normalized spacial score (nSPS) is 22.2. The summed E-state index contributed by atoms with van der Waals surface area (Å²) in [5.74, 6) is 0.0467. The first-order chi connectivity index (χ1) is 11.6. The van der Waals surface area contributed by atoms with E-state index in [1.54, 1.807) is 12.1 Å². The van der Waals surface area contributed by atoms with Gasteiger partial charge in [0, 0.05) is 11.0 Å². The summed E-state index contributed by atoms with van der Waals surface area (Å²) < 4.78 is 13.4. The Hall–Kier alpha value is -2.73. The Bertz CT molecular complexity index is 922. The monoisotopic (exact) mass is 317 g/mol. The number of halogens is 1. The van der Waals surface area contributed by atoms with Crippen LogP contribution in [0.2, 0.25) is 0 Å². The predicted molar refractivity (Wildman–Crippen MR) is 91.6 cm³/mol. The van der Waals surface area contributed by atoms with Crippen LogP contribution in [-0.4, -0.2) is 5.78 Å². The fraction of sp³-hybridized carbons (Fsp3) is 0.238. The Labute approximate surface area is 140 Å². The van der Waals surface area contributed by atoms with Crippen LogP contribution in [0, 0.1) is 12.0 Å². The van der Waals surface area contributed by atoms with Gasteiger partial charge in [-0.25, -0.2) is 9.24 Å². The molecule has 1 unspecified atom stereocenters. The second-order valence-corrected chi connectivity index (χ2v) is 6.68. The Morgan fingerprint density at radius 1 is 1.12 bits per heavy atom. The van der Waals surface area contributed by atoms with Crippen LogP contribution in [0.15, 0.2) is 54.4 Å². The third-order valence-electron chi connectivity index (χ3n) is 5.23. The molecule has 1 spiro atoms. The smallest absolute Gasteiger partial charge is 0.187 e. The van der Waals surface area contributed by atoms with Crippen LogP contribution in [0.3, 0.4) is 0 Å². The van der Waals surface area contributed by atoms with Crippen molar-refractivity contribution >= 4 is 11.5 Å². The average Bonchev–Trinajstić information content (AvgIpc) is 2.89. The van der Waals surface area contributed by atoms with Crippen LogP contribution in [-0.2, 0) is 6.42 Å². The first-order valence-electron chi connectivity index (χ1n) is 8.11. The first kappa shape index (κ1) is 14.8. The highest BCUT2D eigenvalue weighted by Crippen LogP contribution is 2.47. The van der Waals surface area contributed by atoms with Crippen molar-refractivity contribution in [2.75, 3.05) is 0 Å². The summed E-state index contributed by atoms with van der Waals surface area (Å²) >= 11 is 0. The highest BCUT2D eigenvalue weighted by Gasteiger charge is 2.45. The number of hydrogen-bond acceptors (Lipinski definition) is 1. The van der Waals surface area contributed by atoms with Gasteiger partial charge in [-0.2, -0.15) is 0 Å². The third kappa shape index (κ3) is 2.27. The summed E-state index contributed by atoms with van der Waals surface area (Å²) in [6.07, 6.45) is 3.72. The lowest BCUT2D eigenvalue weighted by atomic mass is 9.73. The fourth-order valence-electron chi connectivity index (χ4n) is 3.84. The topological polar surface area (TPSA) is 21.4 Å². The van der Waals surface area contributed by atoms with E-state index in [2.05, 4.69) is 4.85 Å². The zero-order chi connectivity index (χ0) is 16.7. The Morgan fingerprint density at radius 3 is 2.71 bits per heavy atom. The van der Waals surface area contributed by atoms with Gasteiger partial charge in [-0.1, -0.05) is 36.4 Å². The van der Waals surface area contributed by atoms with Gasteiger partial charge in [0.2, 0.25) is 0 Å². The molecule has 2 aromatic rings. The minimum atomic E-state index is -0.449. The van der Waals surface area contributed by atoms with Crippen molar-refractivity contribution in [2.45, 2.75) is 25.7 Å². The van der Waals surface area contributed by atoms with Gasteiger partial charge in [0.15, 0.2) is 11.5 Å². The molecule has 0 aliphatic heterocycles. The lowest BCUT2D eigenvalue weighted by molar-refractivity contribution is 0.0795. The molecule has 0 saturated heterocycles. The van der Waals surface area contributed by atoms with E-state index in [0.717, 1.165) is 22.3 Å². The molecule has 2 aliphatic rings. The van der Waals surface area contributed by atoms with Crippen molar-refractivity contribution in [3.63, 3.8) is 0 Å². The molecule has 3 heteroatoms. The van der Waals surface area contributed by atoms with Crippen molar-refractivity contribution in [1.82, 2.24) is 0 Å². The van der Waals surface area contributed by atoms with E-state index >= 15 is 0 Å². The number of nitrogens with zero attached hydrogens (tertiary/aromatic N) is 1. The molecule has 0 radical (unpaired) electrons. The maximum absolute atomic E-state index is 13.4. The second kappa shape index (κ2) is 5.42. The largest absolute Gasteiger partial charge is 0.294 e. The van der Waals surface area contributed by atoms with Crippen molar-refractivity contribution in [3.8, 4) is 11.1 Å². The quantitative estimate of drug-likeness (QED) is 0.621. The van der Waals surface area contributed by atoms with Gasteiger partial charge in [-0.15, -0.1) is 0 Å². The number of fused-ring (bicyclic) bond motifs is 1. The van der Waals surface area contributed by atoms with Crippen LogP contribution in [0.25, 0.3) is 16.0 Å². The molecule has 2 aliphatic carbocycles. The molecule has 0 amide bonds.